The topological polar surface area (TPSA) is 100 Å². The fourth-order valence-corrected chi connectivity index (χ4v) is 8.71. The van der Waals surface area contributed by atoms with Crippen molar-refractivity contribution in [1.29, 1.82) is 0 Å². The summed E-state index contributed by atoms with van der Waals surface area (Å²) in [7, 11) is 3.28. The van der Waals surface area contributed by atoms with Gasteiger partial charge in [-0.3, -0.25) is 4.79 Å². The second kappa shape index (κ2) is 13.6. The standard InChI is InChI=1S/C38H47NO6/c1-42-33-12-8-30(9-13-33)38(29-6-4-3-5-7-29,31-10-14-34(43-2)15-11-31)45-25-32(40)24-44-17-16-35(39)36(41)37-21-26-18-27(22-37)20-28(19-26)23-37/h3-15,26-28,32,35,40H,16-25,39H2,1-2H3. The lowest BCUT2D eigenvalue weighted by molar-refractivity contribution is -0.145. The van der Waals surface area contributed by atoms with Crippen LogP contribution in [-0.2, 0) is 19.9 Å². The minimum absolute atomic E-state index is 0.0191. The van der Waals surface area contributed by atoms with E-state index < -0.39 is 17.7 Å². The van der Waals surface area contributed by atoms with Gasteiger partial charge >= 0.3 is 0 Å². The lowest BCUT2D eigenvalue weighted by atomic mass is 9.48. The highest BCUT2D eigenvalue weighted by Gasteiger charge is 2.55. The molecule has 7 nitrogen and oxygen atoms in total. The van der Waals surface area contributed by atoms with Gasteiger partial charge in [0.2, 0.25) is 0 Å². The van der Waals surface area contributed by atoms with Crippen LogP contribution >= 0.6 is 0 Å². The third kappa shape index (κ3) is 6.54. The quantitative estimate of drug-likeness (QED) is 0.163. The molecule has 3 aromatic rings. The number of nitrogens with two attached hydrogens (primary N) is 1. The molecule has 0 heterocycles. The molecule has 0 spiro atoms. The van der Waals surface area contributed by atoms with Gasteiger partial charge in [0.25, 0.3) is 0 Å². The Hall–Kier alpha value is -3.23. The summed E-state index contributed by atoms with van der Waals surface area (Å²) in [6.07, 6.45) is 6.53. The molecule has 2 unspecified atom stereocenters. The number of methoxy groups -OCH3 is 2. The highest BCUT2D eigenvalue weighted by atomic mass is 16.5. The van der Waals surface area contributed by atoms with Crippen LogP contribution in [0.1, 0.15) is 61.6 Å². The van der Waals surface area contributed by atoms with Gasteiger partial charge in [0.05, 0.1) is 33.5 Å². The van der Waals surface area contributed by atoms with Crippen LogP contribution in [0.5, 0.6) is 11.5 Å². The van der Waals surface area contributed by atoms with E-state index in [1.165, 1.54) is 19.3 Å². The summed E-state index contributed by atoms with van der Waals surface area (Å²) in [6.45, 7) is 0.413. The number of ether oxygens (including phenoxy) is 4. The molecule has 4 fully saturated rings. The maximum Gasteiger partial charge on any atom is 0.155 e. The van der Waals surface area contributed by atoms with E-state index in [-0.39, 0.29) is 24.4 Å². The van der Waals surface area contributed by atoms with Crippen LogP contribution in [0.3, 0.4) is 0 Å². The van der Waals surface area contributed by atoms with Crippen LogP contribution in [0.15, 0.2) is 78.9 Å². The van der Waals surface area contributed by atoms with Crippen molar-refractivity contribution in [2.45, 2.75) is 62.7 Å². The highest BCUT2D eigenvalue weighted by Crippen LogP contribution is 2.60. The lowest BCUT2D eigenvalue weighted by Gasteiger charge is -2.56. The van der Waals surface area contributed by atoms with Crippen molar-refractivity contribution in [2.24, 2.45) is 28.9 Å². The van der Waals surface area contributed by atoms with Gasteiger partial charge in [-0.2, -0.15) is 0 Å². The number of aliphatic hydroxyl groups is 1. The third-order valence-corrected chi connectivity index (χ3v) is 10.4. The molecule has 4 aliphatic rings. The third-order valence-electron chi connectivity index (χ3n) is 10.4. The summed E-state index contributed by atoms with van der Waals surface area (Å²) in [5.41, 5.74) is 7.95. The van der Waals surface area contributed by atoms with Crippen LogP contribution in [0, 0.1) is 23.2 Å². The molecule has 7 heteroatoms. The molecule has 240 valence electrons. The summed E-state index contributed by atoms with van der Waals surface area (Å²) in [5, 5.41) is 11.1. The second-order valence-corrected chi connectivity index (χ2v) is 13.5. The van der Waals surface area contributed by atoms with E-state index in [9.17, 15) is 9.90 Å². The minimum Gasteiger partial charge on any atom is -0.497 e. The molecule has 3 aromatic carbocycles. The molecule has 4 bridgehead atoms. The van der Waals surface area contributed by atoms with Crippen LogP contribution in [-0.4, -0.2) is 57.1 Å². The zero-order valence-electron chi connectivity index (χ0n) is 26.5. The molecule has 4 saturated carbocycles. The lowest BCUT2D eigenvalue weighted by Crippen LogP contribution is -2.54. The van der Waals surface area contributed by atoms with Crippen molar-refractivity contribution in [3.8, 4) is 11.5 Å². The Morgan fingerprint density at radius 1 is 0.800 bits per heavy atom. The van der Waals surface area contributed by atoms with E-state index in [0.717, 1.165) is 47.5 Å². The fraction of sp³-hybridized carbons (Fsp3) is 0.500. The summed E-state index contributed by atoms with van der Waals surface area (Å²) in [5.74, 6) is 3.83. The monoisotopic (exact) mass is 613 g/mol. The number of aliphatic hydroxyl groups excluding tert-OH is 1. The number of carbonyl (C=O) groups excluding carboxylic acids is 1. The molecule has 0 aliphatic heterocycles. The number of Topliss-reactive ketones (excluding diaryl/α,β-unsaturated/α-hetero) is 1. The number of carbonyl (C=O) groups is 1. The predicted molar refractivity (Wildman–Crippen MR) is 173 cm³/mol. The van der Waals surface area contributed by atoms with Crippen molar-refractivity contribution in [1.82, 2.24) is 0 Å². The maximum atomic E-state index is 13.6. The molecule has 4 aliphatic carbocycles. The fourth-order valence-electron chi connectivity index (χ4n) is 8.71. The van der Waals surface area contributed by atoms with Gasteiger partial charge in [0.1, 0.15) is 23.2 Å². The molecular weight excluding hydrogens is 566 g/mol. The Bertz CT molecular complexity index is 1320. The average Bonchev–Trinajstić information content (AvgIpc) is 3.07. The maximum absolute atomic E-state index is 13.6. The van der Waals surface area contributed by atoms with E-state index in [0.29, 0.717) is 30.8 Å². The van der Waals surface area contributed by atoms with Crippen LogP contribution < -0.4 is 15.2 Å². The van der Waals surface area contributed by atoms with Crippen molar-refractivity contribution in [3.63, 3.8) is 0 Å². The molecule has 2 atom stereocenters. The molecule has 7 rings (SSSR count). The van der Waals surface area contributed by atoms with Crippen LogP contribution in [0.25, 0.3) is 0 Å². The van der Waals surface area contributed by atoms with E-state index in [2.05, 4.69) is 0 Å². The van der Waals surface area contributed by atoms with E-state index >= 15 is 0 Å². The van der Waals surface area contributed by atoms with Gasteiger partial charge in [-0.25, -0.2) is 0 Å². The van der Waals surface area contributed by atoms with Gasteiger partial charge in [0, 0.05) is 12.0 Å². The average molecular weight is 614 g/mol. The zero-order chi connectivity index (χ0) is 31.4. The molecule has 0 aromatic heterocycles. The largest absolute Gasteiger partial charge is 0.497 e. The van der Waals surface area contributed by atoms with Crippen molar-refractivity contribution in [2.75, 3.05) is 34.0 Å². The van der Waals surface area contributed by atoms with Gasteiger partial charge in [-0.05, 0) is 104 Å². The number of rotatable bonds is 15. The predicted octanol–water partition coefficient (Wildman–Crippen LogP) is 5.89. The van der Waals surface area contributed by atoms with E-state index in [1.807, 2.05) is 78.9 Å². The van der Waals surface area contributed by atoms with Gasteiger partial charge in [-0.1, -0.05) is 54.6 Å². The Labute approximate surface area is 267 Å². The second-order valence-electron chi connectivity index (χ2n) is 13.5. The SMILES string of the molecule is COc1ccc(C(OCC(O)COCCC(N)C(=O)C23CC4CC(CC(C4)C2)C3)(c2ccccc2)c2ccc(OC)cc2)cc1. The smallest absolute Gasteiger partial charge is 0.155 e. The first kappa shape index (κ1) is 31.7. The number of ketones is 1. The van der Waals surface area contributed by atoms with E-state index in [1.54, 1.807) is 14.2 Å². The van der Waals surface area contributed by atoms with Crippen LogP contribution in [0.2, 0.25) is 0 Å². The summed E-state index contributed by atoms with van der Waals surface area (Å²) < 4.78 is 23.5. The minimum atomic E-state index is -1.02. The molecule has 45 heavy (non-hydrogen) atoms. The summed E-state index contributed by atoms with van der Waals surface area (Å²) >= 11 is 0. The number of benzene rings is 3. The number of hydrogen-bond acceptors (Lipinski definition) is 7. The number of hydrogen-bond donors (Lipinski definition) is 2. The zero-order valence-corrected chi connectivity index (χ0v) is 26.5. The van der Waals surface area contributed by atoms with Gasteiger partial charge in [-0.15, -0.1) is 0 Å². The van der Waals surface area contributed by atoms with Crippen molar-refractivity contribution >= 4 is 5.78 Å². The Balaban J connectivity index is 1.12. The first-order chi connectivity index (χ1) is 21.8. The first-order valence-corrected chi connectivity index (χ1v) is 16.4. The summed E-state index contributed by atoms with van der Waals surface area (Å²) in [6, 6.07) is 25.1. The van der Waals surface area contributed by atoms with Crippen molar-refractivity contribution in [3.05, 3.63) is 95.6 Å². The Morgan fingerprint density at radius 2 is 1.29 bits per heavy atom. The summed E-state index contributed by atoms with van der Waals surface area (Å²) in [4.78, 5) is 13.6. The van der Waals surface area contributed by atoms with Crippen molar-refractivity contribution < 1.29 is 28.8 Å². The first-order valence-electron chi connectivity index (χ1n) is 16.4. The molecular formula is C38H47NO6. The van der Waals surface area contributed by atoms with Gasteiger partial charge in [0.15, 0.2) is 5.78 Å². The molecule has 0 amide bonds. The van der Waals surface area contributed by atoms with Gasteiger partial charge < -0.3 is 29.8 Å². The van der Waals surface area contributed by atoms with E-state index in [4.69, 9.17) is 24.7 Å². The normalized spacial score (nSPS) is 25.1. The molecule has 3 N–H and O–H groups in total. The highest BCUT2D eigenvalue weighted by molar-refractivity contribution is 5.90. The van der Waals surface area contributed by atoms with Crippen LogP contribution in [0.4, 0.5) is 0 Å². The Morgan fingerprint density at radius 3 is 1.78 bits per heavy atom. The Kier molecular flexibility index (Phi) is 9.62. The molecule has 0 radical (unpaired) electrons. The molecule has 0 saturated heterocycles.